The minimum atomic E-state index is 0.815. The Morgan fingerprint density at radius 2 is 1.60 bits per heavy atom. The average molecular weight is 244 g/mol. The molecule has 0 saturated carbocycles. The van der Waals surface area contributed by atoms with Crippen molar-refractivity contribution in [3.05, 3.63) is 11.5 Å². The standard InChI is InChI=1S/C13H24S2/c1-2-3-4-5-6-7-8-9-10-13-11-12-14-15-13/h11-13H,2-10H2,1H3. The van der Waals surface area contributed by atoms with Crippen LogP contribution < -0.4 is 0 Å². The van der Waals surface area contributed by atoms with E-state index in [2.05, 4.69) is 18.4 Å². The lowest BCUT2D eigenvalue weighted by atomic mass is 10.1. The first kappa shape index (κ1) is 13.5. The third-order valence-electron chi connectivity index (χ3n) is 2.87. The molecule has 0 N–H and O–H groups in total. The van der Waals surface area contributed by atoms with Crippen LogP contribution in [0.25, 0.3) is 0 Å². The summed E-state index contributed by atoms with van der Waals surface area (Å²) in [6, 6.07) is 0. The lowest BCUT2D eigenvalue weighted by molar-refractivity contribution is 0.568. The van der Waals surface area contributed by atoms with E-state index < -0.39 is 0 Å². The van der Waals surface area contributed by atoms with Gasteiger partial charge in [0.25, 0.3) is 0 Å². The molecule has 0 aromatic carbocycles. The summed E-state index contributed by atoms with van der Waals surface area (Å²) >= 11 is 0. The molecule has 1 aliphatic rings. The first-order valence-corrected chi connectivity index (χ1v) is 8.70. The summed E-state index contributed by atoms with van der Waals surface area (Å²) in [7, 11) is 3.92. The van der Waals surface area contributed by atoms with Crippen LogP contribution in [0.3, 0.4) is 0 Å². The van der Waals surface area contributed by atoms with Crippen LogP contribution in [0.2, 0.25) is 0 Å². The van der Waals surface area contributed by atoms with E-state index in [0.29, 0.717) is 0 Å². The van der Waals surface area contributed by atoms with Crippen molar-refractivity contribution in [2.75, 3.05) is 0 Å². The molecular weight excluding hydrogens is 220 g/mol. The van der Waals surface area contributed by atoms with E-state index in [9.17, 15) is 0 Å². The quantitative estimate of drug-likeness (QED) is 0.371. The molecule has 0 radical (unpaired) electrons. The normalized spacial score (nSPS) is 19.9. The minimum absolute atomic E-state index is 0.815. The molecule has 0 bridgehead atoms. The van der Waals surface area contributed by atoms with Gasteiger partial charge in [-0.2, -0.15) is 0 Å². The van der Waals surface area contributed by atoms with Crippen molar-refractivity contribution in [3.63, 3.8) is 0 Å². The van der Waals surface area contributed by atoms with Crippen LogP contribution >= 0.6 is 21.6 Å². The van der Waals surface area contributed by atoms with E-state index in [0.717, 1.165) is 5.25 Å². The molecule has 0 spiro atoms. The molecule has 0 saturated heterocycles. The second-order valence-corrected chi connectivity index (χ2v) is 6.74. The summed E-state index contributed by atoms with van der Waals surface area (Å²) in [6.45, 7) is 2.28. The Bertz CT molecular complexity index is 166. The molecule has 1 rings (SSSR count). The lowest BCUT2D eigenvalue weighted by Gasteiger charge is -2.05. The predicted octanol–water partition coefficient (Wildman–Crippen LogP) is 5.79. The smallest absolute Gasteiger partial charge is 0.0342 e. The van der Waals surface area contributed by atoms with Gasteiger partial charge in [0.05, 0.1) is 0 Å². The van der Waals surface area contributed by atoms with Crippen LogP contribution in [0.15, 0.2) is 11.5 Å². The van der Waals surface area contributed by atoms with E-state index >= 15 is 0 Å². The molecule has 2 heteroatoms. The number of rotatable bonds is 9. The highest BCUT2D eigenvalue weighted by atomic mass is 33.1. The van der Waals surface area contributed by atoms with Gasteiger partial charge in [0, 0.05) is 5.25 Å². The van der Waals surface area contributed by atoms with Gasteiger partial charge >= 0.3 is 0 Å². The van der Waals surface area contributed by atoms with Gasteiger partial charge in [-0.3, -0.25) is 0 Å². The maximum atomic E-state index is 2.36. The molecular formula is C13H24S2. The van der Waals surface area contributed by atoms with Crippen molar-refractivity contribution < 1.29 is 0 Å². The van der Waals surface area contributed by atoms with Gasteiger partial charge in [-0.05, 0) is 11.8 Å². The summed E-state index contributed by atoms with van der Waals surface area (Å²) in [5, 5.41) is 3.05. The summed E-state index contributed by atoms with van der Waals surface area (Å²) in [5.41, 5.74) is 0. The van der Waals surface area contributed by atoms with Crippen LogP contribution in [-0.2, 0) is 0 Å². The van der Waals surface area contributed by atoms with Crippen LogP contribution in [0.5, 0.6) is 0 Å². The molecule has 1 heterocycles. The second kappa shape index (κ2) is 9.65. The van der Waals surface area contributed by atoms with Crippen LogP contribution in [0.4, 0.5) is 0 Å². The third-order valence-corrected chi connectivity index (χ3v) is 5.30. The van der Waals surface area contributed by atoms with Crippen molar-refractivity contribution in [1.29, 1.82) is 0 Å². The van der Waals surface area contributed by atoms with Crippen molar-refractivity contribution in [2.24, 2.45) is 0 Å². The Balaban J connectivity index is 1.75. The zero-order valence-electron chi connectivity index (χ0n) is 9.91. The predicted molar refractivity (Wildman–Crippen MR) is 75.3 cm³/mol. The fourth-order valence-electron chi connectivity index (χ4n) is 1.88. The summed E-state index contributed by atoms with van der Waals surface area (Å²) in [4.78, 5) is 0. The number of hydrogen-bond acceptors (Lipinski definition) is 2. The van der Waals surface area contributed by atoms with Gasteiger partial charge in [-0.25, -0.2) is 0 Å². The van der Waals surface area contributed by atoms with Gasteiger partial charge in [-0.15, -0.1) is 0 Å². The molecule has 0 aromatic rings. The first-order chi connectivity index (χ1) is 7.43. The van der Waals surface area contributed by atoms with E-state index in [1.807, 2.05) is 21.6 Å². The van der Waals surface area contributed by atoms with Crippen molar-refractivity contribution in [3.8, 4) is 0 Å². The van der Waals surface area contributed by atoms with E-state index in [1.165, 1.54) is 57.8 Å². The molecule has 0 aliphatic carbocycles. The Morgan fingerprint density at radius 3 is 2.20 bits per heavy atom. The highest BCUT2D eigenvalue weighted by Gasteiger charge is 2.09. The lowest BCUT2D eigenvalue weighted by Crippen LogP contribution is -1.93. The number of unbranched alkanes of at least 4 members (excludes halogenated alkanes) is 7. The van der Waals surface area contributed by atoms with Crippen molar-refractivity contribution in [2.45, 2.75) is 70.0 Å². The maximum absolute atomic E-state index is 2.36. The van der Waals surface area contributed by atoms with Gasteiger partial charge in [0.2, 0.25) is 0 Å². The molecule has 0 amide bonds. The van der Waals surface area contributed by atoms with E-state index in [-0.39, 0.29) is 0 Å². The molecule has 1 aliphatic heterocycles. The van der Waals surface area contributed by atoms with E-state index in [4.69, 9.17) is 0 Å². The van der Waals surface area contributed by atoms with Crippen LogP contribution in [-0.4, -0.2) is 5.25 Å². The van der Waals surface area contributed by atoms with Gasteiger partial charge < -0.3 is 0 Å². The van der Waals surface area contributed by atoms with Crippen LogP contribution in [0, 0.1) is 0 Å². The van der Waals surface area contributed by atoms with Crippen molar-refractivity contribution in [1.82, 2.24) is 0 Å². The summed E-state index contributed by atoms with van der Waals surface area (Å²) in [6.07, 6.45) is 15.2. The highest BCUT2D eigenvalue weighted by Crippen LogP contribution is 2.37. The molecule has 0 fully saturated rings. The zero-order valence-corrected chi connectivity index (χ0v) is 11.5. The van der Waals surface area contributed by atoms with E-state index in [1.54, 1.807) is 0 Å². The third kappa shape index (κ3) is 7.35. The van der Waals surface area contributed by atoms with Crippen LogP contribution in [0.1, 0.15) is 64.7 Å². The zero-order chi connectivity index (χ0) is 10.8. The largest absolute Gasteiger partial charge is 0.0819 e. The molecule has 0 nitrogen and oxygen atoms in total. The Hall–Kier alpha value is 0.440. The van der Waals surface area contributed by atoms with Gasteiger partial charge in [0.1, 0.15) is 0 Å². The Morgan fingerprint density at radius 1 is 0.933 bits per heavy atom. The average Bonchev–Trinajstić information content (AvgIpc) is 2.75. The Labute approximate surface area is 103 Å². The van der Waals surface area contributed by atoms with Crippen molar-refractivity contribution >= 4 is 21.6 Å². The Kier molecular flexibility index (Phi) is 8.69. The molecule has 88 valence electrons. The minimum Gasteiger partial charge on any atom is -0.0819 e. The molecule has 15 heavy (non-hydrogen) atoms. The monoisotopic (exact) mass is 244 g/mol. The molecule has 1 atom stereocenters. The highest BCUT2D eigenvalue weighted by molar-refractivity contribution is 8.78. The summed E-state index contributed by atoms with van der Waals surface area (Å²) in [5.74, 6) is 0. The topological polar surface area (TPSA) is 0 Å². The molecule has 1 unspecified atom stereocenters. The first-order valence-electron chi connectivity index (χ1n) is 6.42. The SMILES string of the molecule is CCCCCCCCCCC1C=CSS1. The van der Waals surface area contributed by atoms with Gasteiger partial charge in [0.15, 0.2) is 0 Å². The fraction of sp³-hybridized carbons (Fsp3) is 0.846. The molecule has 0 aromatic heterocycles. The fourth-order valence-corrected chi connectivity index (χ4v) is 4.14. The maximum Gasteiger partial charge on any atom is 0.0342 e. The van der Waals surface area contributed by atoms with Gasteiger partial charge in [-0.1, -0.05) is 86.0 Å². The summed E-state index contributed by atoms with van der Waals surface area (Å²) < 4.78 is 0. The number of hydrogen-bond donors (Lipinski definition) is 0. The second-order valence-electron chi connectivity index (χ2n) is 4.32.